The van der Waals surface area contributed by atoms with Gasteiger partial charge in [-0.3, -0.25) is 0 Å². The Morgan fingerprint density at radius 2 is 2.33 bits per heavy atom. The number of thioether (sulfide) groups is 1. The molecule has 1 fully saturated rings. The van der Waals surface area contributed by atoms with Crippen LogP contribution in [0.3, 0.4) is 0 Å². The number of hydrogen-bond donors (Lipinski definition) is 0. The summed E-state index contributed by atoms with van der Waals surface area (Å²) >= 11 is 7.99. The molecule has 3 nitrogen and oxygen atoms in total. The molecule has 82 valence electrons. The van der Waals surface area contributed by atoms with E-state index in [0.29, 0.717) is 11.2 Å². The predicted octanol–water partition coefficient (Wildman–Crippen LogP) is 2.38. The highest BCUT2D eigenvalue weighted by Crippen LogP contribution is 2.27. The minimum absolute atomic E-state index is 0.522. The second-order valence-corrected chi connectivity index (χ2v) is 5.24. The van der Waals surface area contributed by atoms with Crippen molar-refractivity contribution in [2.75, 3.05) is 23.0 Å². The maximum Gasteiger partial charge on any atom is 0.137 e. The second-order valence-electron chi connectivity index (χ2n) is 3.73. The second kappa shape index (κ2) is 4.58. The lowest BCUT2D eigenvalue weighted by Crippen LogP contribution is -2.41. The summed E-state index contributed by atoms with van der Waals surface area (Å²) < 4.78 is 0. The summed E-state index contributed by atoms with van der Waals surface area (Å²) in [6.45, 7) is 5.24. The fourth-order valence-corrected chi connectivity index (χ4v) is 2.89. The summed E-state index contributed by atoms with van der Waals surface area (Å²) in [5.74, 6) is 3.30. The molecule has 1 aliphatic rings. The van der Waals surface area contributed by atoms with Crippen molar-refractivity contribution in [2.24, 2.45) is 0 Å². The molecule has 2 heterocycles. The van der Waals surface area contributed by atoms with Gasteiger partial charge in [-0.1, -0.05) is 11.6 Å². The van der Waals surface area contributed by atoms with E-state index in [1.807, 2.05) is 18.7 Å². The van der Waals surface area contributed by atoms with E-state index in [4.69, 9.17) is 11.6 Å². The van der Waals surface area contributed by atoms with E-state index in [9.17, 15) is 0 Å². The first-order valence-corrected chi connectivity index (χ1v) is 6.55. The van der Waals surface area contributed by atoms with E-state index in [-0.39, 0.29) is 0 Å². The van der Waals surface area contributed by atoms with Crippen LogP contribution in [0.1, 0.15) is 12.5 Å². The van der Waals surface area contributed by atoms with Gasteiger partial charge in [-0.15, -0.1) is 0 Å². The summed E-state index contributed by atoms with van der Waals surface area (Å²) in [7, 11) is 0. The molecular formula is C10H14ClN3S. The van der Waals surface area contributed by atoms with Crippen LogP contribution in [0.15, 0.2) is 6.33 Å². The lowest BCUT2D eigenvalue weighted by Gasteiger charge is -2.34. The van der Waals surface area contributed by atoms with Crippen LogP contribution in [0.4, 0.5) is 5.82 Å². The number of halogens is 1. The highest BCUT2D eigenvalue weighted by molar-refractivity contribution is 7.99. The quantitative estimate of drug-likeness (QED) is 0.709. The van der Waals surface area contributed by atoms with Crippen LogP contribution in [0.25, 0.3) is 0 Å². The van der Waals surface area contributed by atoms with Gasteiger partial charge in [-0.05, 0) is 13.8 Å². The van der Waals surface area contributed by atoms with Gasteiger partial charge >= 0.3 is 0 Å². The summed E-state index contributed by atoms with van der Waals surface area (Å²) in [5, 5.41) is 0.561. The maximum atomic E-state index is 6.00. The minimum Gasteiger partial charge on any atom is -0.352 e. The lowest BCUT2D eigenvalue weighted by atomic mass is 10.2. The van der Waals surface area contributed by atoms with Crippen LogP contribution in [-0.2, 0) is 0 Å². The van der Waals surface area contributed by atoms with Crippen LogP contribution >= 0.6 is 23.4 Å². The van der Waals surface area contributed by atoms with Gasteiger partial charge in [0.15, 0.2) is 0 Å². The van der Waals surface area contributed by atoms with Gasteiger partial charge < -0.3 is 4.90 Å². The molecule has 0 aromatic carbocycles. The molecule has 5 heteroatoms. The number of anilines is 1. The van der Waals surface area contributed by atoms with Gasteiger partial charge in [0.1, 0.15) is 17.3 Å². The molecule has 0 spiro atoms. The van der Waals surface area contributed by atoms with Crippen molar-refractivity contribution >= 4 is 29.2 Å². The van der Waals surface area contributed by atoms with E-state index in [2.05, 4.69) is 21.8 Å². The molecule has 15 heavy (non-hydrogen) atoms. The summed E-state index contributed by atoms with van der Waals surface area (Å²) in [5.41, 5.74) is 0.984. The third-order valence-corrected chi connectivity index (χ3v) is 4.21. The summed E-state index contributed by atoms with van der Waals surface area (Å²) in [6, 6.07) is 0.522. The lowest BCUT2D eigenvalue weighted by molar-refractivity contribution is 0.685. The number of nitrogens with zero attached hydrogens (tertiary/aromatic N) is 3. The van der Waals surface area contributed by atoms with Crippen molar-refractivity contribution in [3.05, 3.63) is 17.0 Å². The van der Waals surface area contributed by atoms with Gasteiger partial charge in [0.2, 0.25) is 0 Å². The zero-order valence-corrected chi connectivity index (χ0v) is 10.5. The van der Waals surface area contributed by atoms with Crippen molar-refractivity contribution < 1.29 is 0 Å². The Kier molecular flexibility index (Phi) is 3.36. The van der Waals surface area contributed by atoms with Gasteiger partial charge in [0.25, 0.3) is 0 Å². The monoisotopic (exact) mass is 243 g/mol. The van der Waals surface area contributed by atoms with Gasteiger partial charge in [-0.2, -0.15) is 11.8 Å². The third-order valence-electron chi connectivity index (χ3n) is 2.64. The average Bonchev–Trinajstić information content (AvgIpc) is 2.23. The Hall–Kier alpha value is -0.480. The Bertz CT molecular complexity index is 359. The van der Waals surface area contributed by atoms with E-state index >= 15 is 0 Å². The number of hydrogen-bond acceptors (Lipinski definition) is 4. The fraction of sp³-hybridized carbons (Fsp3) is 0.600. The molecular weight excluding hydrogens is 230 g/mol. The molecule has 1 aromatic heterocycles. The van der Waals surface area contributed by atoms with Crippen molar-refractivity contribution in [2.45, 2.75) is 19.9 Å². The summed E-state index contributed by atoms with van der Waals surface area (Å²) in [6.07, 6.45) is 1.54. The van der Waals surface area contributed by atoms with E-state index in [0.717, 1.165) is 29.4 Å². The van der Waals surface area contributed by atoms with E-state index in [1.165, 1.54) is 0 Å². The molecule has 1 saturated heterocycles. The first kappa shape index (κ1) is 11.0. The molecule has 1 atom stereocenters. The Morgan fingerprint density at radius 1 is 1.53 bits per heavy atom. The Morgan fingerprint density at radius 3 is 3.07 bits per heavy atom. The van der Waals surface area contributed by atoms with Crippen LogP contribution in [0.5, 0.6) is 0 Å². The van der Waals surface area contributed by atoms with E-state index in [1.54, 1.807) is 6.33 Å². The van der Waals surface area contributed by atoms with Gasteiger partial charge in [-0.25, -0.2) is 9.97 Å². The molecule has 0 radical (unpaired) electrons. The standard InChI is InChI=1S/C10H14ClN3S/c1-7-5-15-4-3-14(7)10-8(2)9(11)12-6-13-10/h6-7H,3-5H2,1-2H3. The zero-order chi connectivity index (χ0) is 10.8. The van der Waals surface area contributed by atoms with Crippen LogP contribution in [-0.4, -0.2) is 34.1 Å². The van der Waals surface area contributed by atoms with Gasteiger partial charge in [0.05, 0.1) is 0 Å². The molecule has 0 saturated carbocycles. The SMILES string of the molecule is Cc1c(Cl)ncnc1N1CCSCC1C. The van der Waals surface area contributed by atoms with E-state index < -0.39 is 0 Å². The predicted molar refractivity (Wildman–Crippen MR) is 65.9 cm³/mol. The normalized spacial score (nSPS) is 21.8. The van der Waals surface area contributed by atoms with Crippen molar-refractivity contribution in [3.8, 4) is 0 Å². The molecule has 2 rings (SSSR count). The van der Waals surface area contributed by atoms with Gasteiger partial charge in [0, 0.05) is 29.7 Å². The maximum absolute atomic E-state index is 6.00. The average molecular weight is 244 g/mol. The highest BCUT2D eigenvalue weighted by atomic mass is 35.5. The summed E-state index contributed by atoms with van der Waals surface area (Å²) in [4.78, 5) is 10.6. The van der Waals surface area contributed by atoms with Crippen LogP contribution in [0, 0.1) is 6.92 Å². The van der Waals surface area contributed by atoms with Crippen LogP contribution in [0.2, 0.25) is 5.15 Å². The van der Waals surface area contributed by atoms with Crippen molar-refractivity contribution in [1.29, 1.82) is 0 Å². The Balaban J connectivity index is 2.31. The smallest absolute Gasteiger partial charge is 0.137 e. The van der Waals surface area contributed by atoms with Crippen molar-refractivity contribution in [1.82, 2.24) is 9.97 Å². The molecule has 0 bridgehead atoms. The zero-order valence-electron chi connectivity index (χ0n) is 8.90. The Labute approximate surface area is 99.2 Å². The fourth-order valence-electron chi connectivity index (χ4n) is 1.75. The largest absolute Gasteiger partial charge is 0.352 e. The first-order chi connectivity index (χ1) is 7.20. The topological polar surface area (TPSA) is 29.0 Å². The molecule has 1 unspecified atom stereocenters. The highest BCUT2D eigenvalue weighted by Gasteiger charge is 2.22. The van der Waals surface area contributed by atoms with Crippen molar-refractivity contribution in [3.63, 3.8) is 0 Å². The minimum atomic E-state index is 0.522. The molecule has 0 N–H and O–H groups in total. The molecule has 1 aromatic rings. The van der Waals surface area contributed by atoms with Crippen LogP contribution < -0.4 is 4.90 Å². The number of aromatic nitrogens is 2. The molecule has 0 amide bonds. The first-order valence-electron chi connectivity index (χ1n) is 5.01. The molecule has 1 aliphatic heterocycles. The number of rotatable bonds is 1. The molecule has 0 aliphatic carbocycles. The third kappa shape index (κ3) is 2.21.